The van der Waals surface area contributed by atoms with Crippen molar-refractivity contribution < 1.29 is 19.5 Å². The number of aromatic carboxylic acids is 1. The molecule has 2 amide bonds. The van der Waals surface area contributed by atoms with Crippen molar-refractivity contribution in [3.8, 4) is 0 Å². The summed E-state index contributed by atoms with van der Waals surface area (Å²) in [6.45, 7) is 4.20. The molecule has 0 aliphatic carbocycles. The molecule has 0 aliphatic heterocycles. The number of carbonyl (C=O) groups is 3. The molecule has 0 radical (unpaired) electrons. The molecule has 0 unspecified atom stereocenters. The van der Waals surface area contributed by atoms with Gasteiger partial charge in [0.1, 0.15) is 0 Å². The van der Waals surface area contributed by atoms with E-state index in [1.54, 1.807) is 24.1 Å². The molecule has 0 fully saturated rings. The normalized spacial score (nSPS) is 10.4. The minimum absolute atomic E-state index is 0.0374. The summed E-state index contributed by atoms with van der Waals surface area (Å²) >= 11 is 0. The standard InChI is InChI=1S/C17H24N2O4/c1-12(2)18-15(20)5-4-6-16(21)19(3)11-13-7-9-14(10-8-13)17(22)23/h7-10,12H,4-6,11H2,1-3H3,(H,18,20)(H,22,23). The highest BCUT2D eigenvalue weighted by Gasteiger charge is 2.11. The number of hydrogen-bond acceptors (Lipinski definition) is 3. The van der Waals surface area contributed by atoms with E-state index in [0.717, 1.165) is 5.56 Å². The van der Waals surface area contributed by atoms with Gasteiger partial charge in [-0.05, 0) is 38.0 Å². The Kier molecular flexibility index (Phi) is 7.25. The first-order chi connectivity index (χ1) is 10.8. The van der Waals surface area contributed by atoms with E-state index in [1.807, 2.05) is 13.8 Å². The van der Waals surface area contributed by atoms with Crippen LogP contribution in [-0.4, -0.2) is 40.9 Å². The molecule has 0 aliphatic rings. The number of benzene rings is 1. The van der Waals surface area contributed by atoms with Crippen LogP contribution in [0.3, 0.4) is 0 Å². The van der Waals surface area contributed by atoms with Gasteiger partial charge in [0.2, 0.25) is 11.8 Å². The fourth-order valence-electron chi connectivity index (χ4n) is 2.10. The first-order valence-electron chi connectivity index (χ1n) is 7.65. The van der Waals surface area contributed by atoms with E-state index in [2.05, 4.69) is 5.32 Å². The summed E-state index contributed by atoms with van der Waals surface area (Å²) in [5, 5.41) is 11.6. The lowest BCUT2D eigenvalue weighted by molar-refractivity contribution is -0.130. The first-order valence-corrected chi connectivity index (χ1v) is 7.65. The van der Waals surface area contributed by atoms with Gasteiger partial charge in [-0.15, -0.1) is 0 Å². The first kappa shape index (κ1) is 18.7. The van der Waals surface area contributed by atoms with E-state index >= 15 is 0 Å². The third-order valence-corrected chi connectivity index (χ3v) is 3.29. The topological polar surface area (TPSA) is 86.7 Å². The Hall–Kier alpha value is -2.37. The summed E-state index contributed by atoms with van der Waals surface area (Å²) in [6.07, 6.45) is 1.17. The highest BCUT2D eigenvalue weighted by Crippen LogP contribution is 2.09. The van der Waals surface area contributed by atoms with Crippen molar-refractivity contribution in [2.24, 2.45) is 0 Å². The number of carboxylic acid groups (broad SMARTS) is 1. The number of rotatable bonds is 8. The van der Waals surface area contributed by atoms with Crippen molar-refractivity contribution in [1.82, 2.24) is 10.2 Å². The molecular formula is C17H24N2O4. The van der Waals surface area contributed by atoms with Gasteiger partial charge in [0.25, 0.3) is 0 Å². The van der Waals surface area contributed by atoms with Gasteiger partial charge in [0.05, 0.1) is 5.56 Å². The number of carbonyl (C=O) groups excluding carboxylic acids is 2. The maximum absolute atomic E-state index is 12.0. The Labute approximate surface area is 136 Å². The highest BCUT2D eigenvalue weighted by atomic mass is 16.4. The van der Waals surface area contributed by atoms with Crippen molar-refractivity contribution in [2.45, 2.75) is 45.7 Å². The van der Waals surface area contributed by atoms with Gasteiger partial charge in [-0.1, -0.05) is 12.1 Å². The van der Waals surface area contributed by atoms with Gasteiger partial charge in [0.15, 0.2) is 0 Å². The van der Waals surface area contributed by atoms with Crippen LogP contribution in [0.15, 0.2) is 24.3 Å². The fourth-order valence-corrected chi connectivity index (χ4v) is 2.10. The van der Waals surface area contributed by atoms with Crippen LogP contribution in [0.1, 0.15) is 49.0 Å². The molecule has 23 heavy (non-hydrogen) atoms. The second kappa shape index (κ2) is 8.92. The Morgan fingerprint density at radius 3 is 2.26 bits per heavy atom. The summed E-state index contributed by atoms with van der Waals surface area (Å²) < 4.78 is 0. The van der Waals surface area contributed by atoms with Crippen molar-refractivity contribution in [3.05, 3.63) is 35.4 Å². The van der Waals surface area contributed by atoms with Crippen LogP contribution in [0, 0.1) is 0 Å². The molecule has 1 aromatic carbocycles. The lowest BCUT2D eigenvalue weighted by Gasteiger charge is -2.17. The summed E-state index contributed by atoms with van der Waals surface area (Å²) in [5.74, 6) is -1.05. The summed E-state index contributed by atoms with van der Waals surface area (Å²) in [4.78, 5) is 35.9. The molecule has 0 atom stereocenters. The lowest BCUT2D eigenvalue weighted by Crippen LogP contribution is -2.30. The zero-order valence-corrected chi connectivity index (χ0v) is 13.8. The van der Waals surface area contributed by atoms with E-state index in [9.17, 15) is 14.4 Å². The zero-order chi connectivity index (χ0) is 17.4. The Bertz CT molecular complexity index is 552. The average Bonchev–Trinajstić information content (AvgIpc) is 2.46. The van der Waals surface area contributed by atoms with E-state index in [1.165, 1.54) is 12.1 Å². The van der Waals surface area contributed by atoms with Crippen molar-refractivity contribution in [3.63, 3.8) is 0 Å². The second-order valence-corrected chi connectivity index (χ2v) is 5.83. The number of carboxylic acids is 1. The quantitative estimate of drug-likeness (QED) is 0.767. The summed E-state index contributed by atoms with van der Waals surface area (Å²) in [6, 6.07) is 6.54. The predicted molar refractivity (Wildman–Crippen MR) is 87.0 cm³/mol. The fraction of sp³-hybridized carbons (Fsp3) is 0.471. The molecule has 1 aromatic rings. The van der Waals surface area contributed by atoms with Crippen LogP contribution >= 0.6 is 0 Å². The SMILES string of the molecule is CC(C)NC(=O)CCCC(=O)N(C)Cc1ccc(C(=O)O)cc1. The monoisotopic (exact) mass is 320 g/mol. The number of amides is 2. The van der Waals surface area contributed by atoms with E-state index in [4.69, 9.17) is 5.11 Å². The van der Waals surface area contributed by atoms with Gasteiger partial charge in [-0.25, -0.2) is 4.79 Å². The molecule has 0 saturated carbocycles. The third-order valence-electron chi connectivity index (χ3n) is 3.29. The Morgan fingerprint density at radius 2 is 1.74 bits per heavy atom. The molecule has 0 heterocycles. The molecule has 0 bridgehead atoms. The van der Waals surface area contributed by atoms with Crippen LogP contribution < -0.4 is 5.32 Å². The number of hydrogen-bond donors (Lipinski definition) is 2. The minimum Gasteiger partial charge on any atom is -0.478 e. The average molecular weight is 320 g/mol. The van der Waals surface area contributed by atoms with Crippen molar-refractivity contribution in [2.75, 3.05) is 7.05 Å². The summed E-state index contributed by atoms with van der Waals surface area (Å²) in [5.41, 5.74) is 1.09. The van der Waals surface area contributed by atoms with Gasteiger partial charge in [-0.2, -0.15) is 0 Å². The number of nitrogens with zero attached hydrogens (tertiary/aromatic N) is 1. The largest absolute Gasteiger partial charge is 0.478 e. The van der Waals surface area contributed by atoms with Gasteiger partial charge < -0.3 is 15.3 Å². The van der Waals surface area contributed by atoms with Crippen LogP contribution in [0.5, 0.6) is 0 Å². The van der Waals surface area contributed by atoms with Crippen molar-refractivity contribution in [1.29, 1.82) is 0 Å². The maximum Gasteiger partial charge on any atom is 0.335 e. The molecule has 126 valence electrons. The molecule has 0 aromatic heterocycles. The van der Waals surface area contributed by atoms with Crippen LogP contribution in [0.25, 0.3) is 0 Å². The molecule has 0 saturated heterocycles. The van der Waals surface area contributed by atoms with Crippen molar-refractivity contribution >= 4 is 17.8 Å². The minimum atomic E-state index is -0.972. The van der Waals surface area contributed by atoms with Crippen LogP contribution in [0.2, 0.25) is 0 Å². The molecule has 0 spiro atoms. The molecule has 6 heteroatoms. The lowest BCUT2D eigenvalue weighted by atomic mass is 10.1. The maximum atomic E-state index is 12.0. The van der Waals surface area contributed by atoms with E-state index in [-0.39, 0.29) is 23.4 Å². The third kappa shape index (κ3) is 6.95. The molecule has 2 N–H and O–H groups in total. The molecule has 1 rings (SSSR count). The summed E-state index contributed by atoms with van der Waals surface area (Å²) in [7, 11) is 1.70. The van der Waals surface area contributed by atoms with Crippen LogP contribution in [0.4, 0.5) is 0 Å². The van der Waals surface area contributed by atoms with Gasteiger partial charge in [0, 0.05) is 32.5 Å². The van der Waals surface area contributed by atoms with Gasteiger partial charge >= 0.3 is 5.97 Å². The van der Waals surface area contributed by atoms with E-state index in [0.29, 0.717) is 25.8 Å². The van der Waals surface area contributed by atoms with Crippen LogP contribution in [-0.2, 0) is 16.1 Å². The highest BCUT2D eigenvalue weighted by molar-refractivity contribution is 5.87. The molecule has 6 nitrogen and oxygen atoms in total. The Balaban J connectivity index is 2.39. The number of nitrogens with one attached hydrogen (secondary N) is 1. The zero-order valence-electron chi connectivity index (χ0n) is 13.8. The second-order valence-electron chi connectivity index (χ2n) is 5.83. The van der Waals surface area contributed by atoms with Gasteiger partial charge in [-0.3, -0.25) is 9.59 Å². The predicted octanol–water partition coefficient (Wildman–Crippen LogP) is 2.04. The smallest absolute Gasteiger partial charge is 0.335 e. The Morgan fingerprint density at radius 1 is 1.13 bits per heavy atom. The molecular weight excluding hydrogens is 296 g/mol. The van der Waals surface area contributed by atoms with E-state index < -0.39 is 5.97 Å².